The van der Waals surface area contributed by atoms with Gasteiger partial charge in [-0.05, 0) is 45.8 Å². The minimum absolute atomic E-state index is 0.0745. The Balaban J connectivity index is 2.87. The Morgan fingerprint density at radius 1 is 1.22 bits per heavy atom. The van der Waals surface area contributed by atoms with Crippen LogP contribution in [0.15, 0.2) is 11.6 Å². The van der Waals surface area contributed by atoms with Gasteiger partial charge in [0.25, 0.3) is 5.91 Å². The number of imide groups is 1. The lowest BCUT2D eigenvalue weighted by molar-refractivity contribution is -0.126. The molecule has 0 unspecified atom stereocenters. The van der Waals surface area contributed by atoms with Gasteiger partial charge in [-0.1, -0.05) is 26.8 Å². The maximum atomic E-state index is 12.4. The van der Waals surface area contributed by atoms with Crippen molar-refractivity contribution in [3.63, 3.8) is 0 Å². The summed E-state index contributed by atoms with van der Waals surface area (Å²) in [6, 6.07) is -0.397. The SMILES string of the molecule is CC(C)(C)OC(=O)N1C(=O)C([13CH3])=C[C@H]1CO[Si](C)(C)C(C)(C)C. The van der Waals surface area contributed by atoms with E-state index < -0.39 is 26.1 Å². The zero-order valence-electron chi connectivity index (χ0n) is 15.9. The van der Waals surface area contributed by atoms with Crippen molar-refractivity contribution < 1.29 is 18.8 Å². The van der Waals surface area contributed by atoms with Gasteiger partial charge in [-0.2, -0.15) is 0 Å². The lowest BCUT2D eigenvalue weighted by atomic mass is 10.2. The highest BCUT2D eigenvalue weighted by atomic mass is 28.4. The van der Waals surface area contributed by atoms with Crippen LogP contribution in [-0.4, -0.2) is 43.5 Å². The summed E-state index contributed by atoms with van der Waals surface area (Å²) in [5.74, 6) is -0.303. The summed E-state index contributed by atoms with van der Waals surface area (Å²) in [4.78, 5) is 25.8. The number of ether oxygens (including phenoxy) is 1. The number of rotatable bonds is 3. The topological polar surface area (TPSA) is 55.8 Å². The largest absolute Gasteiger partial charge is 0.443 e. The average Bonchev–Trinajstić information content (AvgIpc) is 2.59. The van der Waals surface area contributed by atoms with Crippen molar-refractivity contribution in [2.45, 2.75) is 78.2 Å². The standard InChI is InChI=1S/C17H31NO4Si/c1-12-10-13(11-21-23(8,9)17(5,6)7)18(14(12)19)15(20)22-16(2,3)4/h10,13H,11H2,1-9H3/t13-/m0/s1/i1+1. The average molecular weight is 343 g/mol. The molecule has 1 heterocycles. The third-order valence-electron chi connectivity index (χ3n) is 4.34. The van der Waals surface area contributed by atoms with Gasteiger partial charge >= 0.3 is 6.09 Å². The number of hydrogen-bond acceptors (Lipinski definition) is 4. The van der Waals surface area contributed by atoms with Gasteiger partial charge < -0.3 is 9.16 Å². The molecule has 0 N–H and O–H groups in total. The van der Waals surface area contributed by atoms with Gasteiger partial charge in [0.2, 0.25) is 0 Å². The number of carbonyl (C=O) groups excluding carboxylic acids is 2. The Morgan fingerprint density at radius 2 is 1.74 bits per heavy atom. The van der Waals surface area contributed by atoms with E-state index in [0.29, 0.717) is 12.2 Å². The Bertz CT molecular complexity index is 512. The second-order valence-corrected chi connectivity index (χ2v) is 13.5. The molecule has 0 fully saturated rings. The van der Waals surface area contributed by atoms with E-state index in [1.54, 1.807) is 33.8 Å². The molecule has 0 bridgehead atoms. The first-order valence-electron chi connectivity index (χ1n) is 8.04. The predicted octanol–water partition coefficient (Wildman–Crippen LogP) is 4.10. The Hall–Kier alpha value is -1.14. The number of nitrogens with zero attached hydrogens (tertiary/aromatic N) is 1. The predicted molar refractivity (Wildman–Crippen MR) is 93.8 cm³/mol. The summed E-state index contributed by atoms with van der Waals surface area (Å²) in [5.41, 5.74) is -0.0849. The Morgan fingerprint density at radius 3 is 2.17 bits per heavy atom. The minimum atomic E-state index is -1.95. The van der Waals surface area contributed by atoms with E-state index in [9.17, 15) is 9.59 Å². The molecule has 0 aliphatic carbocycles. The maximum absolute atomic E-state index is 12.4. The van der Waals surface area contributed by atoms with E-state index in [-0.39, 0.29) is 10.9 Å². The van der Waals surface area contributed by atoms with Gasteiger partial charge in [0.1, 0.15) is 5.60 Å². The van der Waals surface area contributed by atoms with Crippen LogP contribution in [0.5, 0.6) is 0 Å². The lowest BCUT2D eigenvalue weighted by Crippen LogP contribution is -2.48. The van der Waals surface area contributed by atoms with Crippen LogP contribution < -0.4 is 0 Å². The highest BCUT2D eigenvalue weighted by Crippen LogP contribution is 2.37. The fourth-order valence-electron chi connectivity index (χ4n) is 1.94. The first-order valence-corrected chi connectivity index (χ1v) is 11.0. The highest BCUT2D eigenvalue weighted by molar-refractivity contribution is 6.74. The second-order valence-electron chi connectivity index (χ2n) is 8.64. The van der Waals surface area contributed by atoms with Gasteiger partial charge in [-0.25, -0.2) is 9.69 Å². The van der Waals surface area contributed by atoms with Gasteiger partial charge in [0.15, 0.2) is 8.32 Å². The van der Waals surface area contributed by atoms with E-state index in [1.807, 2.05) is 0 Å². The number of carbonyl (C=O) groups is 2. The molecule has 1 aliphatic heterocycles. The van der Waals surface area contributed by atoms with E-state index in [2.05, 4.69) is 33.9 Å². The van der Waals surface area contributed by atoms with Crippen LogP contribution in [0.1, 0.15) is 48.5 Å². The van der Waals surface area contributed by atoms with Crippen molar-refractivity contribution in [1.82, 2.24) is 4.90 Å². The normalized spacial score (nSPS) is 19.9. The molecule has 1 rings (SSSR count). The lowest BCUT2D eigenvalue weighted by Gasteiger charge is -2.37. The van der Waals surface area contributed by atoms with E-state index in [4.69, 9.17) is 9.16 Å². The number of hydrogen-bond donors (Lipinski definition) is 0. The molecule has 132 valence electrons. The zero-order chi connectivity index (χ0) is 18.2. The summed E-state index contributed by atoms with van der Waals surface area (Å²) >= 11 is 0. The second kappa shape index (κ2) is 6.40. The minimum Gasteiger partial charge on any atom is -0.443 e. The summed E-state index contributed by atoms with van der Waals surface area (Å²) in [6.07, 6.45) is 1.18. The van der Waals surface area contributed by atoms with Crippen molar-refractivity contribution in [3.05, 3.63) is 11.6 Å². The van der Waals surface area contributed by atoms with Gasteiger partial charge in [0, 0.05) is 5.57 Å². The van der Waals surface area contributed by atoms with Crippen molar-refractivity contribution in [2.75, 3.05) is 6.61 Å². The van der Waals surface area contributed by atoms with Crippen molar-refractivity contribution >= 4 is 20.3 Å². The van der Waals surface area contributed by atoms with Crippen LogP contribution in [0.3, 0.4) is 0 Å². The summed E-state index contributed by atoms with van der Waals surface area (Å²) in [7, 11) is -1.95. The highest BCUT2D eigenvalue weighted by Gasteiger charge is 2.41. The molecule has 6 heteroatoms. The maximum Gasteiger partial charge on any atom is 0.417 e. The summed E-state index contributed by atoms with van der Waals surface area (Å²) in [5, 5.41) is 0.0745. The van der Waals surface area contributed by atoms with E-state index in [1.165, 1.54) is 4.90 Å². The molecule has 5 nitrogen and oxygen atoms in total. The van der Waals surface area contributed by atoms with E-state index >= 15 is 0 Å². The fourth-order valence-corrected chi connectivity index (χ4v) is 2.96. The molecule has 0 radical (unpaired) electrons. The molecule has 0 aromatic heterocycles. The quantitative estimate of drug-likeness (QED) is 0.572. The van der Waals surface area contributed by atoms with Gasteiger partial charge in [0.05, 0.1) is 12.6 Å². The molecule has 0 spiro atoms. The Labute approximate surface area is 141 Å². The summed E-state index contributed by atoms with van der Waals surface area (Å²) in [6.45, 7) is 18.2. The molecule has 0 saturated heterocycles. The molecular weight excluding hydrogens is 311 g/mol. The van der Waals surface area contributed by atoms with Crippen LogP contribution in [0.25, 0.3) is 0 Å². The van der Waals surface area contributed by atoms with Gasteiger partial charge in [-0.15, -0.1) is 0 Å². The molecule has 23 heavy (non-hydrogen) atoms. The molecular formula is C17H31NO4Si. The number of amides is 2. The summed E-state index contributed by atoms with van der Waals surface area (Å²) < 4.78 is 11.5. The monoisotopic (exact) mass is 342 g/mol. The third-order valence-corrected chi connectivity index (χ3v) is 8.84. The van der Waals surface area contributed by atoms with Crippen LogP contribution in [0.4, 0.5) is 4.79 Å². The van der Waals surface area contributed by atoms with Crippen LogP contribution in [0, 0.1) is 0 Å². The molecule has 1 aliphatic rings. The van der Waals surface area contributed by atoms with Crippen molar-refractivity contribution in [3.8, 4) is 0 Å². The van der Waals surface area contributed by atoms with Crippen LogP contribution in [0.2, 0.25) is 18.1 Å². The van der Waals surface area contributed by atoms with Crippen LogP contribution >= 0.6 is 0 Å². The van der Waals surface area contributed by atoms with Crippen molar-refractivity contribution in [2.24, 2.45) is 0 Å². The van der Waals surface area contributed by atoms with Crippen LogP contribution in [-0.2, 0) is 14.0 Å². The molecule has 0 aromatic rings. The van der Waals surface area contributed by atoms with Crippen molar-refractivity contribution in [1.29, 1.82) is 0 Å². The molecule has 1 atom stereocenters. The third kappa shape index (κ3) is 4.91. The first-order chi connectivity index (χ1) is 10.2. The fraction of sp³-hybridized carbons (Fsp3) is 0.765. The smallest absolute Gasteiger partial charge is 0.417 e. The Kier molecular flexibility index (Phi) is 5.53. The molecule has 0 saturated carbocycles. The zero-order valence-corrected chi connectivity index (χ0v) is 16.9. The first kappa shape index (κ1) is 19.9. The van der Waals surface area contributed by atoms with E-state index in [0.717, 1.165) is 0 Å². The van der Waals surface area contributed by atoms with Gasteiger partial charge in [-0.3, -0.25) is 4.79 Å². The molecule has 2 amide bonds. The molecule has 0 aromatic carbocycles.